The van der Waals surface area contributed by atoms with E-state index in [1.807, 2.05) is 89.2 Å². The summed E-state index contributed by atoms with van der Waals surface area (Å²) in [5.74, 6) is -0.797. The zero-order chi connectivity index (χ0) is 31.9. The quantitative estimate of drug-likeness (QED) is 0.224. The Bertz CT molecular complexity index is 1670. The molecule has 0 aliphatic heterocycles. The second-order valence-electron chi connectivity index (χ2n) is 12.1. The van der Waals surface area contributed by atoms with Gasteiger partial charge in [0.2, 0.25) is 11.8 Å². The molecule has 0 aliphatic carbocycles. The molecule has 0 radical (unpaired) electrons. The Morgan fingerprint density at radius 1 is 0.773 bits per heavy atom. The first-order valence-corrected chi connectivity index (χ1v) is 16.1. The Kier molecular flexibility index (Phi) is 10.3. The van der Waals surface area contributed by atoms with Crippen LogP contribution in [0.1, 0.15) is 43.0 Å². The molecule has 4 aromatic carbocycles. The number of aryl methyl sites for hydroxylation is 2. The number of rotatable bonds is 11. The van der Waals surface area contributed by atoms with Crippen LogP contribution in [0.3, 0.4) is 0 Å². The van der Waals surface area contributed by atoms with Crippen molar-refractivity contribution in [2.45, 2.75) is 64.1 Å². The lowest BCUT2D eigenvalue weighted by Gasteiger charge is -2.35. The van der Waals surface area contributed by atoms with Crippen LogP contribution in [-0.4, -0.2) is 43.3 Å². The largest absolute Gasteiger partial charge is 0.350 e. The highest BCUT2D eigenvalue weighted by atomic mass is 32.2. The first kappa shape index (κ1) is 32.5. The van der Waals surface area contributed by atoms with Gasteiger partial charge in [0.15, 0.2) is 0 Å². The number of carbonyl (C=O) groups is 2. The predicted octanol–water partition coefficient (Wildman–Crippen LogP) is 6.05. The first-order chi connectivity index (χ1) is 20.8. The maximum Gasteiger partial charge on any atom is 0.264 e. The molecular weight excluding hydrogens is 570 g/mol. The molecule has 0 aliphatic rings. The van der Waals surface area contributed by atoms with Gasteiger partial charge in [-0.15, -0.1) is 0 Å². The third-order valence-corrected chi connectivity index (χ3v) is 9.09. The summed E-state index contributed by atoms with van der Waals surface area (Å²) in [5.41, 5.74) is 3.45. The van der Waals surface area contributed by atoms with Gasteiger partial charge in [-0.3, -0.25) is 13.9 Å². The summed E-state index contributed by atoms with van der Waals surface area (Å²) >= 11 is 0. The van der Waals surface area contributed by atoms with Crippen LogP contribution in [0, 0.1) is 13.8 Å². The summed E-state index contributed by atoms with van der Waals surface area (Å²) < 4.78 is 29.3. The molecule has 0 aromatic heterocycles. The van der Waals surface area contributed by atoms with E-state index in [1.54, 1.807) is 54.6 Å². The SMILES string of the molecule is Cc1ccc(S(=O)(=O)N(CC(=O)N(Cc2ccccc2C)[C@H](Cc2ccccc2)C(=O)NC(C)(C)C)c2ccccc2)cc1. The minimum Gasteiger partial charge on any atom is -0.350 e. The number of nitrogens with zero attached hydrogens (tertiary/aromatic N) is 2. The van der Waals surface area contributed by atoms with Crippen LogP contribution >= 0.6 is 0 Å². The fraction of sp³-hybridized carbons (Fsp3) is 0.278. The van der Waals surface area contributed by atoms with Crippen molar-refractivity contribution in [2.24, 2.45) is 0 Å². The molecule has 0 bridgehead atoms. The van der Waals surface area contributed by atoms with Gasteiger partial charge in [0.1, 0.15) is 12.6 Å². The summed E-state index contributed by atoms with van der Waals surface area (Å²) in [6, 6.07) is 31.5. The molecule has 1 atom stereocenters. The molecule has 4 aromatic rings. The van der Waals surface area contributed by atoms with Gasteiger partial charge in [-0.25, -0.2) is 8.42 Å². The molecule has 1 N–H and O–H groups in total. The highest BCUT2D eigenvalue weighted by molar-refractivity contribution is 7.92. The molecule has 4 rings (SSSR count). The molecule has 2 amide bonds. The average Bonchev–Trinajstić information content (AvgIpc) is 2.98. The zero-order valence-electron chi connectivity index (χ0n) is 26.0. The van der Waals surface area contributed by atoms with Gasteiger partial charge < -0.3 is 10.2 Å². The average molecular weight is 612 g/mol. The van der Waals surface area contributed by atoms with E-state index in [2.05, 4.69) is 5.32 Å². The van der Waals surface area contributed by atoms with Crippen molar-refractivity contribution in [1.29, 1.82) is 0 Å². The molecular formula is C36H41N3O4S. The van der Waals surface area contributed by atoms with Crippen LogP contribution in [0.5, 0.6) is 0 Å². The van der Waals surface area contributed by atoms with E-state index in [0.29, 0.717) is 5.69 Å². The van der Waals surface area contributed by atoms with Crippen molar-refractivity contribution in [3.63, 3.8) is 0 Å². The number of hydrogen-bond donors (Lipinski definition) is 1. The summed E-state index contributed by atoms with van der Waals surface area (Å²) in [6.45, 7) is 9.16. The number of benzene rings is 4. The maximum atomic E-state index is 14.5. The molecule has 0 spiro atoms. The van der Waals surface area contributed by atoms with Crippen LogP contribution in [0.2, 0.25) is 0 Å². The Balaban J connectivity index is 1.81. The van der Waals surface area contributed by atoms with Crippen LogP contribution in [-0.2, 0) is 32.6 Å². The fourth-order valence-electron chi connectivity index (χ4n) is 4.94. The van der Waals surface area contributed by atoms with E-state index in [-0.39, 0.29) is 23.8 Å². The van der Waals surface area contributed by atoms with Crippen molar-refractivity contribution in [2.75, 3.05) is 10.8 Å². The zero-order valence-corrected chi connectivity index (χ0v) is 26.8. The van der Waals surface area contributed by atoms with Crippen LogP contribution in [0.25, 0.3) is 0 Å². The van der Waals surface area contributed by atoms with E-state index in [0.717, 1.165) is 26.6 Å². The minimum absolute atomic E-state index is 0.0801. The van der Waals surface area contributed by atoms with Crippen LogP contribution < -0.4 is 9.62 Å². The third-order valence-electron chi connectivity index (χ3n) is 7.30. The second kappa shape index (κ2) is 13.9. The predicted molar refractivity (Wildman–Crippen MR) is 176 cm³/mol. The molecule has 0 unspecified atom stereocenters. The van der Waals surface area contributed by atoms with E-state index in [4.69, 9.17) is 0 Å². The molecule has 0 saturated heterocycles. The van der Waals surface area contributed by atoms with Crippen molar-refractivity contribution in [1.82, 2.24) is 10.2 Å². The normalized spacial score (nSPS) is 12.3. The maximum absolute atomic E-state index is 14.5. The molecule has 0 heterocycles. The van der Waals surface area contributed by atoms with E-state index in [1.165, 1.54) is 4.90 Å². The number of para-hydroxylation sites is 1. The minimum atomic E-state index is -4.13. The summed E-state index contributed by atoms with van der Waals surface area (Å²) in [4.78, 5) is 30.1. The topological polar surface area (TPSA) is 86.8 Å². The monoisotopic (exact) mass is 611 g/mol. The third kappa shape index (κ3) is 8.35. The van der Waals surface area contributed by atoms with E-state index in [9.17, 15) is 18.0 Å². The number of anilines is 1. The molecule has 7 nitrogen and oxygen atoms in total. The second-order valence-corrected chi connectivity index (χ2v) is 13.9. The standard InChI is InChI=1S/C36H41N3O4S/c1-27-20-22-32(23-21-27)44(42,43)39(31-18-10-7-11-19-31)26-34(40)38(25-30-17-13-12-14-28(30)2)33(35(41)37-36(3,4)5)24-29-15-8-6-9-16-29/h6-23,33H,24-26H2,1-5H3,(H,37,41)/t33-/m1/s1. The fourth-order valence-corrected chi connectivity index (χ4v) is 6.35. The lowest BCUT2D eigenvalue weighted by Crippen LogP contribution is -2.56. The number of carbonyl (C=O) groups excluding carboxylic acids is 2. The van der Waals surface area contributed by atoms with Gasteiger partial charge in [-0.2, -0.15) is 0 Å². The van der Waals surface area contributed by atoms with Gasteiger partial charge in [0, 0.05) is 18.5 Å². The van der Waals surface area contributed by atoms with Gasteiger partial charge >= 0.3 is 0 Å². The molecule has 230 valence electrons. The summed E-state index contributed by atoms with van der Waals surface area (Å²) in [5, 5.41) is 3.06. The number of sulfonamides is 1. The highest BCUT2D eigenvalue weighted by Gasteiger charge is 2.35. The number of hydrogen-bond acceptors (Lipinski definition) is 4. The Morgan fingerprint density at radius 3 is 1.93 bits per heavy atom. The Morgan fingerprint density at radius 2 is 1.34 bits per heavy atom. The first-order valence-electron chi connectivity index (χ1n) is 14.7. The Hall–Kier alpha value is -4.43. The van der Waals surface area contributed by atoms with E-state index < -0.39 is 34.1 Å². The van der Waals surface area contributed by atoms with Gasteiger partial charge in [-0.1, -0.05) is 90.5 Å². The van der Waals surface area contributed by atoms with Gasteiger partial charge in [-0.05, 0) is 75.6 Å². The smallest absolute Gasteiger partial charge is 0.264 e. The number of amides is 2. The van der Waals surface area contributed by atoms with Crippen molar-refractivity contribution < 1.29 is 18.0 Å². The van der Waals surface area contributed by atoms with E-state index >= 15 is 0 Å². The van der Waals surface area contributed by atoms with Crippen LogP contribution in [0.15, 0.2) is 114 Å². The molecule has 0 saturated carbocycles. The van der Waals surface area contributed by atoms with Crippen molar-refractivity contribution in [3.8, 4) is 0 Å². The van der Waals surface area contributed by atoms with Crippen LogP contribution in [0.4, 0.5) is 5.69 Å². The highest BCUT2D eigenvalue weighted by Crippen LogP contribution is 2.25. The van der Waals surface area contributed by atoms with Gasteiger partial charge in [0.25, 0.3) is 10.0 Å². The summed E-state index contributed by atoms with van der Waals surface area (Å²) in [6.07, 6.45) is 0.260. The molecule has 44 heavy (non-hydrogen) atoms. The van der Waals surface area contributed by atoms with Gasteiger partial charge in [0.05, 0.1) is 10.6 Å². The van der Waals surface area contributed by atoms with Crippen molar-refractivity contribution >= 4 is 27.5 Å². The molecule has 0 fully saturated rings. The molecule has 8 heteroatoms. The lowest BCUT2D eigenvalue weighted by molar-refractivity contribution is -0.140. The number of nitrogens with one attached hydrogen (secondary N) is 1. The Labute approximate surface area is 261 Å². The van der Waals surface area contributed by atoms with Crippen molar-refractivity contribution in [3.05, 3.63) is 131 Å². The lowest BCUT2D eigenvalue weighted by atomic mass is 10.00. The summed E-state index contributed by atoms with van der Waals surface area (Å²) in [7, 11) is -4.13.